The number of primary amides is 1. The van der Waals surface area contributed by atoms with E-state index in [0.717, 1.165) is 20.8 Å². The summed E-state index contributed by atoms with van der Waals surface area (Å²) < 4.78 is 30.2. The van der Waals surface area contributed by atoms with Gasteiger partial charge in [-0.25, -0.2) is 8.42 Å². The lowest BCUT2D eigenvalue weighted by Crippen LogP contribution is -2.39. The van der Waals surface area contributed by atoms with Crippen molar-refractivity contribution >= 4 is 22.0 Å². The first-order valence-electron chi connectivity index (χ1n) is 6.37. The van der Waals surface area contributed by atoms with Gasteiger partial charge < -0.3 is 10.5 Å². The Balaban J connectivity index is 2.88. The van der Waals surface area contributed by atoms with Gasteiger partial charge in [-0.15, -0.1) is 0 Å². The minimum Gasteiger partial charge on any atom is -0.383 e. The van der Waals surface area contributed by atoms with Gasteiger partial charge in [-0.05, 0) is 18.6 Å². The summed E-state index contributed by atoms with van der Waals surface area (Å²) in [5.41, 5.74) is 6.92. The second kappa shape index (κ2) is 7.92. The lowest BCUT2D eigenvalue weighted by molar-refractivity contribution is -0.118. The number of rotatable bonds is 8. The summed E-state index contributed by atoms with van der Waals surface area (Å²) in [5, 5.41) is 1.07. The zero-order valence-corrected chi connectivity index (χ0v) is 13.0. The number of nitrogens with two attached hydrogens (primary N) is 1. The topological polar surface area (TPSA) is 89.7 Å². The minimum atomic E-state index is -3.73. The Morgan fingerprint density at radius 3 is 2.48 bits per heavy atom. The molecule has 0 aliphatic heterocycles. The van der Waals surface area contributed by atoms with E-state index < -0.39 is 15.9 Å². The van der Waals surface area contributed by atoms with Crippen LogP contribution in [0.3, 0.4) is 0 Å². The molecule has 0 fully saturated rings. The van der Waals surface area contributed by atoms with Gasteiger partial charge in [0.15, 0.2) is 0 Å². The van der Waals surface area contributed by atoms with Gasteiger partial charge in [0.25, 0.3) is 0 Å². The standard InChI is InChI=1S/C14H20N2O4S/c1-12-3-5-13(6-4-12)7-10-21(18,19)16(8-9-20-2)11-14(15)17/h3-7,10H,8-9,11H2,1-2H3,(H2,15,17). The van der Waals surface area contributed by atoms with E-state index in [9.17, 15) is 13.2 Å². The number of nitrogens with zero attached hydrogens (tertiary/aromatic N) is 1. The molecular weight excluding hydrogens is 292 g/mol. The van der Waals surface area contributed by atoms with Crippen molar-refractivity contribution in [1.82, 2.24) is 4.31 Å². The van der Waals surface area contributed by atoms with E-state index in [1.165, 1.54) is 13.2 Å². The molecular formula is C14H20N2O4S. The van der Waals surface area contributed by atoms with Crippen molar-refractivity contribution in [1.29, 1.82) is 0 Å². The molecule has 0 atom stereocenters. The van der Waals surface area contributed by atoms with Crippen LogP contribution in [-0.2, 0) is 19.6 Å². The molecule has 0 bridgehead atoms. The normalized spacial score (nSPS) is 12.1. The Labute approximate surface area is 125 Å². The Kier molecular flexibility index (Phi) is 6.54. The Morgan fingerprint density at radius 2 is 1.95 bits per heavy atom. The summed E-state index contributed by atoms with van der Waals surface area (Å²) in [5.74, 6) is -0.710. The van der Waals surface area contributed by atoms with Crippen molar-refractivity contribution in [3.63, 3.8) is 0 Å². The van der Waals surface area contributed by atoms with Crippen molar-refractivity contribution in [3.05, 3.63) is 40.8 Å². The second-order valence-electron chi connectivity index (χ2n) is 4.55. The number of ether oxygens (including phenoxy) is 1. The lowest BCUT2D eigenvalue weighted by Gasteiger charge is -2.17. The monoisotopic (exact) mass is 312 g/mol. The number of methoxy groups -OCH3 is 1. The van der Waals surface area contributed by atoms with Crippen LogP contribution in [0.2, 0.25) is 0 Å². The highest BCUT2D eigenvalue weighted by atomic mass is 32.2. The first-order chi connectivity index (χ1) is 9.85. The number of hydrogen-bond donors (Lipinski definition) is 1. The molecule has 1 aromatic carbocycles. The van der Waals surface area contributed by atoms with Crippen LogP contribution in [0.1, 0.15) is 11.1 Å². The molecule has 1 rings (SSSR count). The molecule has 116 valence electrons. The molecule has 1 aromatic rings. The largest absolute Gasteiger partial charge is 0.383 e. The predicted molar refractivity (Wildman–Crippen MR) is 81.8 cm³/mol. The molecule has 0 spiro atoms. The summed E-state index contributed by atoms with van der Waals surface area (Å²) in [7, 11) is -2.27. The predicted octanol–water partition coefficient (Wildman–Crippen LogP) is 0.729. The molecule has 0 saturated heterocycles. The Bertz CT molecular complexity index is 594. The van der Waals surface area contributed by atoms with Gasteiger partial charge in [0.2, 0.25) is 15.9 Å². The summed E-state index contributed by atoms with van der Waals surface area (Å²) >= 11 is 0. The van der Waals surface area contributed by atoms with Crippen LogP contribution < -0.4 is 5.73 Å². The van der Waals surface area contributed by atoms with Gasteiger partial charge in [-0.2, -0.15) is 4.31 Å². The maximum Gasteiger partial charge on any atom is 0.236 e. The van der Waals surface area contributed by atoms with E-state index in [1.54, 1.807) is 0 Å². The molecule has 0 unspecified atom stereocenters. The fourth-order valence-corrected chi connectivity index (χ4v) is 2.73. The van der Waals surface area contributed by atoms with Crippen molar-refractivity contribution in [2.75, 3.05) is 26.8 Å². The van der Waals surface area contributed by atoms with Crippen LogP contribution in [0.25, 0.3) is 6.08 Å². The number of aryl methyl sites for hydroxylation is 1. The number of carbonyl (C=O) groups excluding carboxylic acids is 1. The summed E-state index contributed by atoms with van der Waals surface area (Å²) in [6.07, 6.45) is 1.48. The van der Waals surface area contributed by atoms with Crippen molar-refractivity contribution in [2.24, 2.45) is 5.73 Å². The van der Waals surface area contributed by atoms with Gasteiger partial charge in [0.1, 0.15) is 0 Å². The molecule has 0 heterocycles. The molecule has 0 radical (unpaired) electrons. The van der Waals surface area contributed by atoms with Gasteiger partial charge in [-0.1, -0.05) is 29.8 Å². The first-order valence-corrected chi connectivity index (χ1v) is 7.87. The van der Waals surface area contributed by atoms with Crippen LogP contribution in [0.4, 0.5) is 0 Å². The average molecular weight is 312 g/mol. The number of carbonyl (C=O) groups is 1. The maximum absolute atomic E-state index is 12.2. The highest BCUT2D eigenvalue weighted by molar-refractivity contribution is 7.92. The Hall–Kier alpha value is -1.70. The molecule has 0 aromatic heterocycles. The van der Waals surface area contributed by atoms with Crippen molar-refractivity contribution in [3.8, 4) is 0 Å². The summed E-state index contributed by atoms with van der Waals surface area (Å²) in [4.78, 5) is 11.0. The number of amides is 1. The summed E-state index contributed by atoms with van der Waals surface area (Å²) in [6, 6.07) is 7.40. The third kappa shape index (κ3) is 6.07. The molecule has 21 heavy (non-hydrogen) atoms. The lowest BCUT2D eigenvalue weighted by atomic mass is 10.2. The van der Waals surface area contributed by atoms with Crippen LogP contribution >= 0.6 is 0 Å². The molecule has 2 N–H and O–H groups in total. The highest BCUT2D eigenvalue weighted by Crippen LogP contribution is 2.09. The fraction of sp³-hybridized carbons (Fsp3) is 0.357. The van der Waals surface area contributed by atoms with Crippen LogP contribution in [0, 0.1) is 6.92 Å². The molecule has 0 aliphatic rings. The quantitative estimate of drug-likeness (QED) is 0.766. The van der Waals surface area contributed by atoms with Crippen LogP contribution in [-0.4, -0.2) is 45.4 Å². The fourth-order valence-electron chi connectivity index (χ4n) is 1.59. The molecule has 1 amide bonds. The van der Waals surface area contributed by atoms with Crippen LogP contribution in [0.5, 0.6) is 0 Å². The third-order valence-corrected chi connectivity index (χ3v) is 4.26. The molecule has 6 nitrogen and oxygen atoms in total. The van der Waals surface area contributed by atoms with E-state index in [4.69, 9.17) is 10.5 Å². The molecule has 7 heteroatoms. The number of benzene rings is 1. The summed E-state index contributed by atoms with van der Waals surface area (Å²) in [6.45, 7) is 1.83. The first kappa shape index (κ1) is 17.4. The zero-order chi connectivity index (χ0) is 15.9. The van der Waals surface area contributed by atoms with E-state index in [0.29, 0.717) is 0 Å². The van der Waals surface area contributed by atoms with E-state index in [-0.39, 0.29) is 19.7 Å². The van der Waals surface area contributed by atoms with Gasteiger partial charge in [0.05, 0.1) is 13.2 Å². The van der Waals surface area contributed by atoms with Crippen molar-refractivity contribution in [2.45, 2.75) is 6.92 Å². The van der Waals surface area contributed by atoms with Gasteiger partial charge >= 0.3 is 0 Å². The highest BCUT2D eigenvalue weighted by Gasteiger charge is 2.20. The third-order valence-electron chi connectivity index (χ3n) is 2.75. The average Bonchev–Trinajstić information content (AvgIpc) is 2.42. The number of hydrogen-bond acceptors (Lipinski definition) is 4. The van der Waals surface area contributed by atoms with Crippen LogP contribution in [0.15, 0.2) is 29.7 Å². The SMILES string of the molecule is COCCN(CC(N)=O)S(=O)(=O)C=Cc1ccc(C)cc1. The van der Waals surface area contributed by atoms with Gasteiger partial charge in [0, 0.05) is 19.1 Å². The van der Waals surface area contributed by atoms with E-state index in [2.05, 4.69) is 0 Å². The van der Waals surface area contributed by atoms with E-state index >= 15 is 0 Å². The van der Waals surface area contributed by atoms with Gasteiger partial charge in [-0.3, -0.25) is 4.79 Å². The molecule has 0 aliphatic carbocycles. The Morgan fingerprint density at radius 1 is 1.33 bits per heavy atom. The molecule has 0 saturated carbocycles. The van der Waals surface area contributed by atoms with Crippen molar-refractivity contribution < 1.29 is 17.9 Å². The minimum absolute atomic E-state index is 0.0695. The zero-order valence-electron chi connectivity index (χ0n) is 12.2. The number of sulfonamides is 1. The maximum atomic E-state index is 12.2. The second-order valence-corrected chi connectivity index (χ2v) is 6.37. The van der Waals surface area contributed by atoms with E-state index in [1.807, 2.05) is 31.2 Å². The smallest absolute Gasteiger partial charge is 0.236 e.